The van der Waals surface area contributed by atoms with E-state index >= 15 is 0 Å². The van der Waals surface area contributed by atoms with Crippen molar-refractivity contribution < 1.29 is 14.3 Å². The Balaban J connectivity index is 1.93. The van der Waals surface area contributed by atoms with Crippen molar-refractivity contribution in [2.75, 3.05) is 20.9 Å². The first-order valence-corrected chi connectivity index (χ1v) is 6.23. The predicted octanol–water partition coefficient (Wildman–Crippen LogP) is -0.175. The van der Waals surface area contributed by atoms with Crippen molar-refractivity contribution in [2.45, 2.75) is 6.29 Å². The number of benzene rings is 1. The van der Waals surface area contributed by atoms with E-state index in [9.17, 15) is 4.79 Å². The van der Waals surface area contributed by atoms with E-state index in [1.54, 1.807) is 20.3 Å². The van der Waals surface area contributed by atoms with Crippen LogP contribution in [0, 0.1) is 0 Å². The maximum Gasteiger partial charge on any atom is 0.265 e. The molecule has 3 rings (SSSR count). The van der Waals surface area contributed by atoms with Crippen LogP contribution in [-0.4, -0.2) is 38.1 Å². The second kappa shape index (κ2) is 5.03. The molecule has 1 fully saturated rings. The molecule has 0 saturated carbocycles. The lowest BCUT2D eigenvalue weighted by Crippen LogP contribution is -2.54. The van der Waals surface area contributed by atoms with Gasteiger partial charge in [-0.3, -0.25) is 10.1 Å². The topological polar surface area (TPSA) is 74.9 Å². The van der Waals surface area contributed by atoms with E-state index in [0.717, 1.165) is 11.3 Å². The van der Waals surface area contributed by atoms with Gasteiger partial charge in [0.05, 0.1) is 20.9 Å². The van der Waals surface area contributed by atoms with Crippen LogP contribution in [0.2, 0.25) is 0 Å². The van der Waals surface area contributed by atoms with Crippen molar-refractivity contribution in [3.63, 3.8) is 0 Å². The molecule has 1 saturated heterocycles. The minimum absolute atomic E-state index is 0.0939. The third kappa shape index (κ3) is 2.06. The Labute approximate surface area is 116 Å². The normalized spacial score (nSPS) is 21.1. The van der Waals surface area contributed by atoms with Crippen LogP contribution in [0.3, 0.4) is 0 Å². The van der Waals surface area contributed by atoms with Crippen LogP contribution < -0.4 is 25.5 Å². The number of hydrogen-bond acceptors (Lipinski definition) is 6. The number of fused-ring (bicyclic) bond motifs is 1. The van der Waals surface area contributed by atoms with E-state index in [1.807, 2.05) is 18.2 Å². The zero-order chi connectivity index (χ0) is 14.1. The van der Waals surface area contributed by atoms with Gasteiger partial charge in [-0.2, -0.15) is 0 Å². The van der Waals surface area contributed by atoms with Gasteiger partial charge in [-0.25, -0.2) is 10.4 Å². The summed E-state index contributed by atoms with van der Waals surface area (Å²) in [5.74, 6) is 1.19. The maximum absolute atomic E-state index is 12.0. The van der Waals surface area contributed by atoms with Crippen molar-refractivity contribution in [3.8, 4) is 11.5 Å². The molecule has 1 aromatic rings. The number of nitrogens with zero attached hydrogens (tertiary/aromatic N) is 1. The third-order valence-electron chi connectivity index (χ3n) is 3.30. The number of hydrazine groups is 1. The summed E-state index contributed by atoms with van der Waals surface area (Å²) in [5.41, 5.74) is 4.55. The monoisotopic (exact) mass is 276 g/mol. The highest BCUT2D eigenvalue weighted by Gasteiger charge is 2.32. The lowest BCUT2D eigenvalue weighted by molar-refractivity contribution is -0.130. The molecule has 7 nitrogen and oxygen atoms in total. The Kier molecular flexibility index (Phi) is 3.21. The summed E-state index contributed by atoms with van der Waals surface area (Å²) in [6.07, 6.45) is 1.31. The number of hydrogen-bond donors (Lipinski definition) is 3. The molecule has 2 heterocycles. The van der Waals surface area contributed by atoms with Gasteiger partial charge >= 0.3 is 0 Å². The van der Waals surface area contributed by atoms with Crippen LogP contribution in [-0.2, 0) is 4.79 Å². The highest BCUT2D eigenvalue weighted by molar-refractivity contribution is 5.96. The van der Waals surface area contributed by atoms with E-state index in [4.69, 9.17) is 9.47 Å². The van der Waals surface area contributed by atoms with E-state index in [0.29, 0.717) is 18.2 Å². The minimum Gasteiger partial charge on any atom is -0.493 e. The van der Waals surface area contributed by atoms with Gasteiger partial charge in [0.1, 0.15) is 0 Å². The van der Waals surface area contributed by atoms with E-state index in [1.165, 1.54) is 5.01 Å². The summed E-state index contributed by atoms with van der Waals surface area (Å²) >= 11 is 0. The second-order valence-corrected chi connectivity index (χ2v) is 4.42. The van der Waals surface area contributed by atoms with Crippen molar-refractivity contribution in [1.82, 2.24) is 21.1 Å². The van der Waals surface area contributed by atoms with Gasteiger partial charge in [0.15, 0.2) is 17.8 Å². The molecule has 3 N–H and O–H groups in total. The summed E-state index contributed by atoms with van der Waals surface area (Å²) in [5, 5.41) is 7.89. The molecule has 7 heteroatoms. The SMILES string of the molecule is COc1ccc(C2=CC(=O)N3NCNC3N2)cc1OC. The molecule has 0 radical (unpaired) electrons. The Hall–Kier alpha value is -2.25. The molecular formula is C13H16N4O3. The molecule has 2 aliphatic heterocycles. The molecule has 2 aliphatic rings. The maximum atomic E-state index is 12.0. The van der Waals surface area contributed by atoms with E-state index in [-0.39, 0.29) is 12.2 Å². The molecule has 0 aliphatic carbocycles. The van der Waals surface area contributed by atoms with Crippen molar-refractivity contribution >= 4 is 11.6 Å². The highest BCUT2D eigenvalue weighted by atomic mass is 16.5. The zero-order valence-corrected chi connectivity index (χ0v) is 11.3. The van der Waals surface area contributed by atoms with Crippen LogP contribution in [0.25, 0.3) is 5.70 Å². The van der Waals surface area contributed by atoms with Crippen molar-refractivity contribution in [1.29, 1.82) is 0 Å². The van der Waals surface area contributed by atoms with Gasteiger partial charge in [-0.05, 0) is 18.2 Å². The van der Waals surface area contributed by atoms with E-state index in [2.05, 4.69) is 16.1 Å². The molecule has 1 aromatic carbocycles. The van der Waals surface area contributed by atoms with Crippen molar-refractivity contribution in [2.24, 2.45) is 0 Å². The van der Waals surface area contributed by atoms with Gasteiger partial charge < -0.3 is 14.8 Å². The number of ether oxygens (including phenoxy) is 2. The molecular weight excluding hydrogens is 260 g/mol. The standard InChI is InChI=1S/C13H16N4O3/c1-19-10-4-3-8(5-11(10)20-2)9-6-12(18)17-13(16-9)14-7-15-17/h3-6,13-16H,7H2,1-2H3. The molecule has 1 amide bonds. The van der Waals surface area contributed by atoms with Gasteiger partial charge in [-0.15, -0.1) is 0 Å². The lowest BCUT2D eigenvalue weighted by Gasteiger charge is -2.29. The highest BCUT2D eigenvalue weighted by Crippen LogP contribution is 2.30. The van der Waals surface area contributed by atoms with Crippen molar-refractivity contribution in [3.05, 3.63) is 29.8 Å². The number of carbonyl (C=O) groups is 1. The second-order valence-electron chi connectivity index (χ2n) is 4.42. The molecule has 0 spiro atoms. The lowest BCUT2D eigenvalue weighted by atomic mass is 10.1. The Morgan fingerprint density at radius 2 is 2.05 bits per heavy atom. The summed E-state index contributed by atoms with van der Waals surface area (Å²) in [6.45, 7) is 0.552. The first kappa shape index (κ1) is 12.8. The number of carbonyl (C=O) groups excluding carboxylic acids is 1. The molecule has 0 aromatic heterocycles. The van der Waals surface area contributed by atoms with Gasteiger partial charge in [0, 0.05) is 17.3 Å². The Bertz CT molecular complexity index is 573. The van der Waals surface area contributed by atoms with Gasteiger partial charge in [-0.1, -0.05) is 0 Å². The number of nitrogens with one attached hydrogen (secondary N) is 3. The molecule has 0 bridgehead atoms. The summed E-state index contributed by atoms with van der Waals surface area (Å²) in [6, 6.07) is 5.53. The first-order chi connectivity index (χ1) is 9.72. The third-order valence-corrected chi connectivity index (χ3v) is 3.30. The number of rotatable bonds is 3. The zero-order valence-electron chi connectivity index (χ0n) is 11.3. The largest absolute Gasteiger partial charge is 0.493 e. The van der Waals surface area contributed by atoms with Crippen LogP contribution in [0.5, 0.6) is 11.5 Å². The van der Waals surface area contributed by atoms with Gasteiger partial charge in [0.25, 0.3) is 5.91 Å². The van der Waals surface area contributed by atoms with Gasteiger partial charge in [0.2, 0.25) is 0 Å². The quantitative estimate of drug-likeness (QED) is 0.711. The fourth-order valence-electron chi connectivity index (χ4n) is 2.28. The molecule has 1 atom stereocenters. The summed E-state index contributed by atoms with van der Waals surface area (Å²) in [7, 11) is 3.17. The molecule has 20 heavy (non-hydrogen) atoms. The molecule has 1 unspecified atom stereocenters. The van der Waals surface area contributed by atoms with Crippen LogP contribution in [0.4, 0.5) is 0 Å². The number of amides is 1. The Morgan fingerprint density at radius 3 is 2.80 bits per heavy atom. The smallest absolute Gasteiger partial charge is 0.265 e. The summed E-state index contributed by atoms with van der Waals surface area (Å²) in [4.78, 5) is 12.0. The minimum atomic E-state index is -0.240. The fourth-order valence-corrected chi connectivity index (χ4v) is 2.28. The average molecular weight is 276 g/mol. The average Bonchev–Trinajstić information content (AvgIpc) is 2.95. The number of methoxy groups -OCH3 is 2. The van der Waals surface area contributed by atoms with Crippen LogP contribution in [0.1, 0.15) is 5.56 Å². The fraction of sp³-hybridized carbons (Fsp3) is 0.308. The predicted molar refractivity (Wildman–Crippen MR) is 72.4 cm³/mol. The Morgan fingerprint density at radius 1 is 1.25 bits per heavy atom. The molecule has 106 valence electrons. The summed E-state index contributed by atoms with van der Waals surface area (Å²) < 4.78 is 10.5. The van der Waals surface area contributed by atoms with Crippen LogP contribution >= 0.6 is 0 Å². The van der Waals surface area contributed by atoms with E-state index < -0.39 is 0 Å². The first-order valence-electron chi connectivity index (χ1n) is 6.23. The van der Waals surface area contributed by atoms with Crippen LogP contribution in [0.15, 0.2) is 24.3 Å².